The van der Waals surface area contributed by atoms with E-state index in [0.29, 0.717) is 6.04 Å². The van der Waals surface area contributed by atoms with E-state index >= 15 is 0 Å². The lowest BCUT2D eigenvalue weighted by Crippen LogP contribution is -2.51. The number of benzene rings is 1. The number of piperidine rings is 1. The molecule has 1 amide bonds. The van der Waals surface area contributed by atoms with Crippen LogP contribution in [0.1, 0.15) is 34.5 Å². The SMILES string of the molecule is O=C(NC1CCCN(C2Cc3ccccc3C2)C1)c1ccc(=O)[nH]n1. The lowest BCUT2D eigenvalue weighted by molar-refractivity contribution is 0.0870. The van der Waals surface area contributed by atoms with Gasteiger partial charge in [0.15, 0.2) is 0 Å². The molecule has 2 aromatic rings. The minimum absolute atomic E-state index is 0.124. The summed E-state index contributed by atoms with van der Waals surface area (Å²) in [6.07, 6.45) is 4.25. The molecule has 1 aliphatic heterocycles. The van der Waals surface area contributed by atoms with Crippen molar-refractivity contribution in [2.24, 2.45) is 0 Å². The van der Waals surface area contributed by atoms with Gasteiger partial charge in [0.2, 0.25) is 0 Å². The molecule has 1 fully saturated rings. The molecule has 1 aliphatic carbocycles. The molecule has 2 N–H and O–H groups in total. The van der Waals surface area contributed by atoms with E-state index in [4.69, 9.17) is 0 Å². The zero-order valence-electron chi connectivity index (χ0n) is 14.1. The van der Waals surface area contributed by atoms with E-state index in [1.54, 1.807) is 0 Å². The van der Waals surface area contributed by atoms with Gasteiger partial charge >= 0.3 is 0 Å². The second-order valence-electron chi connectivity index (χ2n) is 6.94. The summed E-state index contributed by atoms with van der Waals surface area (Å²) in [4.78, 5) is 25.9. The van der Waals surface area contributed by atoms with Crippen LogP contribution in [0.3, 0.4) is 0 Å². The van der Waals surface area contributed by atoms with E-state index in [1.165, 1.54) is 23.3 Å². The lowest BCUT2D eigenvalue weighted by atomic mass is 10.0. The molecule has 6 heteroatoms. The number of nitrogens with one attached hydrogen (secondary N) is 2. The number of fused-ring (bicyclic) bond motifs is 1. The van der Waals surface area contributed by atoms with Crippen LogP contribution in [-0.2, 0) is 12.8 Å². The molecule has 25 heavy (non-hydrogen) atoms. The van der Waals surface area contributed by atoms with Crippen molar-refractivity contribution in [2.45, 2.75) is 37.8 Å². The topological polar surface area (TPSA) is 78.1 Å². The quantitative estimate of drug-likeness (QED) is 0.879. The van der Waals surface area contributed by atoms with Crippen LogP contribution in [0.15, 0.2) is 41.2 Å². The van der Waals surface area contributed by atoms with Gasteiger partial charge in [-0.3, -0.25) is 14.5 Å². The molecule has 0 saturated carbocycles. The third-order valence-electron chi connectivity index (χ3n) is 5.25. The van der Waals surface area contributed by atoms with Crippen molar-refractivity contribution in [3.05, 3.63) is 63.6 Å². The van der Waals surface area contributed by atoms with Crippen LogP contribution in [0.2, 0.25) is 0 Å². The maximum atomic E-state index is 12.3. The Morgan fingerprint density at radius 2 is 1.92 bits per heavy atom. The predicted octanol–water partition coefficient (Wildman–Crippen LogP) is 1.13. The van der Waals surface area contributed by atoms with Crippen LogP contribution in [0.25, 0.3) is 0 Å². The fraction of sp³-hybridized carbons (Fsp3) is 0.421. The van der Waals surface area contributed by atoms with Gasteiger partial charge in [-0.2, -0.15) is 5.10 Å². The molecular formula is C19H22N4O2. The van der Waals surface area contributed by atoms with Crippen molar-refractivity contribution in [3.8, 4) is 0 Å². The number of rotatable bonds is 3. The summed E-state index contributed by atoms with van der Waals surface area (Å²) in [5.41, 5.74) is 2.86. The van der Waals surface area contributed by atoms with Crippen LogP contribution in [0, 0.1) is 0 Å². The number of carbonyl (C=O) groups excluding carboxylic acids is 1. The van der Waals surface area contributed by atoms with E-state index in [9.17, 15) is 9.59 Å². The van der Waals surface area contributed by atoms with E-state index < -0.39 is 0 Å². The maximum absolute atomic E-state index is 12.3. The normalized spacial score (nSPS) is 21.0. The van der Waals surface area contributed by atoms with Crippen molar-refractivity contribution in [1.29, 1.82) is 0 Å². The molecule has 6 nitrogen and oxygen atoms in total. The second-order valence-corrected chi connectivity index (χ2v) is 6.94. The van der Waals surface area contributed by atoms with Crippen molar-refractivity contribution >= 4 is 5.91 Å². The Hall–Kier alpha value is -2.47. The molecule has 0 spiro atoms. The highest BCUT2D eigenvalue weighted by molar-refractivity contribution is 5.92. The first-order chi connectivity index (χ1) is 12.2. The number of amides is 1. The highest BCUT2D eigenvalue weighted by Gasteiger charge is 2.31. The number of aromatic nitrogens is 2. The fourth-order valence-corrected chi connectivity index (χ4v) is 3.98. The van der Waals surface area contributed by atoms with Crippen LogP contribution in [0.5, 0.6) is 0 Å². The number of carbonyl (C=O) groups is 1. The van der Waals surface area contributed by atoms with Gasteiger partial charge in [-0.15, -0.1) is 0 Å². The van der Waals surface area contributed by atoms with Crippen molar-refractivity contribution in [3.63, 3.8) is 0 Å². The zero-order chi connectivity index (χ0) is 17.2. The summed E-state index contributed by atoms with van der Waals surface area (Å²) >= 11 is 0. The minimum atomic E-state index is -0.304. The molecular weight excluding hydrogens is 316 g/mol. The standard InChI is InChI=1S/C19H22N4O2/c24-18-8-7-17(21-22-18)19(25)20-15-6-3-9-23(12-15)16-10-13-4-1-2-5-14(13)11-16/h1-2,4-5,7-8,15-16H,3,6,9-12H2,(H,20,25)(H,22,24). The summed E-state index contributed by atoms with van der Waals surface area (Å²) in [6, 6.07) is 12.1. The summed E-state index contributed by atoms with van der Waals surface area (Å²) in [5, 5.41) is 9.17. The highest BCUT2D eigenvalue weighted by Crippen LogP contribution is 2.27. The average molecular weight is 338 g/mol. The van der Waals surface area contributed by atoms with Gasteiger partial charge in [-0.05, 0) is 49.4 Å². The summed E-state index contributed by atoms with van der Waals surface area (Å²) in [7, 11) is 0. The van der Waals surface area contributed by atoms with E-state index in [2.05, 4.69) is 44.7 Å². The molecule has 1 aromatic carbocycles. The van der Waals surface area contributed by atoms with Gasteiger partial charge < -0.3 is 5.32 Å². The Bertz CT molecular complexity index is 787. The zero-order valence-corrected chi connectivity index (χ0v) is 14.1. The largest absolute Gasteiger partial charge is 0.347 e. The van der Waals surface area contributed by atoms with Crippen molar-refractivity contribution < 1.29 is 4.79 Å². The fourth-order valence-electron chi connectivity index (χ4n) is 3.98. The Labute approximate surface area is 146 Å². The van der Waals surface area contributed by atoms with E-state index in [1.807, 2.05) is 0 Å². The highest BCUT2D eigenvalue weighted by atomic mass is 16.2. The molecule has 0 bridgehead atoms. The number of hydrogen-bond acceptors (Lipinski definition) is 4. The van der Waals surface area contributed by atoms with Gasteiger partial charge in [0.05, 0.1) is 0 Å². The van der Waals surface area contributed by atoms with Crippen molar-refractivity contribution in [2.75, 3.05) is 13.1 Å². The maximum Gasteiger partial charge on any atom is 0.271 e. The smallest absolute Gasteiger partial charge is 0.271 e. The van der Waals surface area contributed by atoms with Gasteiger partial charge in [0.1, 0.15) is 5.69 Å². The summed E-state index contributed by atoms with van der Waals surface area (Å²) in [5.74, 6) is -0.224. The number of nitrogens with zero attached hydrogens (tertiary/aromatic N) is 2. The minimum Gasteiger partial charge on any atom is -0.347 e. The second kappa shape index (κ2) is 6.80. The molecule has 1 atom stereocenters. The Morgan fingerprint density at radius 1 is 1.16 bits per heavy atom. The van der Waals surface area contributed by atoms with Crippen LogP contribution < -0.4 is 10.9 Å². The average Bonchev–Trinajstić information content (AvgIpc) is 3.07. The number of aromatic amines is 1. The van der Waals surface area contributed by atoms with E-state index in [-0.39, 0.29) is 23.2 Å². The third-order valence-corrected chi connectivity index (χ3v) is 5.25. The third kappa shape index (κ3) is 3.49. The summed E-state index contributed by atoms with van der Waals surface area (Å²) in [6.45, 7) is 1.95. The van der Waals surface area contributed by atoms with Crippen LogP contribution in [-0.4, -0.2) is 46.2 Å². The first-order valence-corrected chi connectivity index (χ1v) is 8.86. The number of hydrogen-bond donors (Lipinski definition) is 2. The molecule has 4 rings (SSSR count). The number of likely N-dealkylation sites (tertiary alicyclic amines) is 1. The molecule has 130 valence electrons. The number of H-pyrrole nitrogens is 1. The lowest BCUT2D eigenvalue weighted by Gasteiger charge is -2.37. The first kappa shape index (κ1) is 16.0. The van der Waals surface area contributed by atoms with Gasteiger partial charge in [-0.25, -0.2) is 5.10 Å². The monoisotopic (exact) mass is 338 g/mol. The van der Waals surface area contributed by atoms with Gasteiger partial charge in [-0.1, -0.05) is 24.3 Å². The van der Waals surface area contributed by atoms with Crippen LogP contribution in [0.4, 0.5) is 0 Å². The Kier molecular flexibility index (Phi) is 4.36. The molecule has 2 heterocycles. The first-order valence-electron chi connectivity index (χ1n) is 8.86. The summed E-state index contributed by atoms with van der Waals surface area (Å²) < 4.78 is 0. The Balaban J connectivity index is 1.38. The Morgan fingerprint density at radius 3 is 2.60 bits per heavy atom. The molecule has 2 aliphatic rings. The van der Waals surface area contributed by atoms with Crippen molar-refractivity contribution in [1.82, 2.24) is 20.4 Å². The molecule has 0 radical (unpaired) electrons. The predicted molar refractivity (Wildman–Crippen MR) is 94.6 cm³/mol. The molecule has 1 saturated heterocycles. The molecule has 1 aromatic heterocycles. The van der Waals surface area contributed by atoms with E-state index in [0.717, 1.165) is 38.8 Å². The van der Waals surface area contributed by atoms with Gasteiger partial charge in [0.25, 0.3) is 11.5 Å². The van der Waals surface area contributed by atoms with Gasteiger partial charge in [0, 0.05) is 24.7 Å². The molecule has 1 unspecified atom stereocenters. The van der Waals surface area contributed by atoms with Crippen LogP contribution >= 0.6 is 0 Å².